The van der Waals surface area contributed by atoms with Crippen LogP contribution < -0.4 is 10.5 Å². The summed E-state index contributed by atoms with van der Waals surface area (Å²) >= 11 is 1.85. The van der Waals surface area contributed by atoms with Gasteiger partial charge in [0.05, 0.1) is 12.6 Å². The Morgan fingerprint density at radius 2 is 2.15 bits per heavy atom. The van der Waals surface area contributed by atoms with Crippen molar-refractivity contribution in [2.24, 2.45) is 11.7 Å². The molecule has 3 atom stereocenters. The van der Waals surface area contributed by atoms with Crippen molar-refractivity contribution in [3.8, 4) is 5.88 Å². The van der Waals surface area contributed by atoms with Crippen LogP contribution in [0.4, 0.5) is 0 Å². The van der Waals surface area contributed by atoms with E-state index in [1.165, 1.54) is 31.2 Å². The predicted octanol–water partition coefficient (Wildman–Crippen LogP) is 1.99. The van der Waals surface area contributed by atoms with Crippen molar-refractivity contribution in [3.63, 3.8) is 0 Å². The predicted molar refractivity (Wildman–Crippen MR) is 99.4 cm³/mol. The fraction of sp³-hybridized carbons (Fsp3) is 0.684. The van der Waals surface area contributed by atoms with Crippen LogP contribution in [0.5, 0.6) is 5.88 Å². The number of carbonyl (C=O) groups is 1. The highest BCUT2D eigenvalue weighted by Crippen LogP contribution is 2.44. The lowest BCUT2D eigenvalue weighted by molar-refractivity contribution is 0.0666. The average molecular weight is 375 g/mol. The van der Waals surface area contributed by atoms with E-state index in [1.54, 1.807) is 0 Å². The average Bonchev–Trinajstić information content (AvgIpc) is 3.53. The maximum atomic E-state index is 13.2. The molecule has 0 bridgehead atoms. The molecule has 0 aromatic carbocycles. The van der Waals surface area contributed by atoms with Gasteiger partial charge in [0.25, 0.3) is 5.91 Å². The molecule has 3 heterocycles. The van der Waals surface area contributed by atoms with Crippen LogP contribution in [0.15, 0.2) is 12.1 Å². The molecule has 2 aliphatic carbocycles. The summed E-state index contributed by atoms with van der Waals surface area (Å²) in [5.41, 5.74) is 7.50. The lowest BCUT2D eigenvalue weighted by Crippen LogP contribution is -2.50. The molecule has 7 heteroatoms. The van der Waals surface area contributed by atoms with Gasteiger partial charge >= 0.3 is 0 Å². The molecule has 1 amide bonds. The molecule has 6 nitrogen and oxygen atoms in total. The molecule has 4 aliphatic rings. The number of nitrogens with zero attached hydrogens (tertiary/aromatic N) is 2. The van der Waals surface area contributed by atoms with Crippen LogP contribution in [0.25, 0.3) is 0 Å². The molecule has 2 saturated carbocycles. The Balaban J connectivity index is 1.37. The number of nitrogens with two attached hydrogens (primary N) is 1. The Labute approximate surface area is 157 Å². The summed E-state index contributed by atoms with van der Waals surface area (Å²) in [5, 5.41) is 0. The van der Waals surface area contributed by atoms with Crippen molar-refractivity contribution >= 4 is 17.7 Å². The number of hydrogen-bond donors (Lipinski definition) is 1. The molecular weight excluding hydrogens is 350 g/mol. The number of aromatic nitrogens is 1. The minimum atomic E-state index is -0.239. The van der Waals surface area contributed by atoms with E-state index in [2.05, 4.69) is 4.98 Å². The first-order valence-corrected chi connectivity index (χ1v) is 10.8. The molecule has 2 N–H and O–H groups in total. The van der Waals surface area contributed by atoms with Gasteiger partial charge in [-0.15, -0.1) is 0 Å². The van der Waals surface area contributed by atoms with Gasteiger partial charge in [-0.3, -0.25) is 4.79 Å². The van der Waals surface area contributed by atoms with E-state index in [-0.39, 0.29) is 24.3 Å². The monoisotopic (exact) mass is 375 g/mol. The van der Waals surface area contributed by atoms with Crippen molar-refractivity contribution in [1.82, 2.24) is 9.88 Å². The second kappa shape index (κ2) is 6.69. The number of amides is 1. The molecular formula is C19H25N3O3S. The lowest BCUT2D eigenvalue weighted by atomic mass is 10.1. The Kier molecular flexibility index (Phi) is 4.33. The first kappa shape index (κ1) is 16.8. The first-order chi connectivity index (χ1) is 12.7. The fourth-order valence-electron chi connectivity index (χ4n) is 3.61. The molecule has 140 valence electrons. The highest BCUT2D eigenvalue weighted by Gasteiger charge is 2.47. The van der Waals surface area contributed by atoms with Gasteiger partial charge in [-0.05, 0) is 43.6 Å². The van der Waals surface area contributed by atoms with Crippen LogP contribution in [0, 0.1) is 5.92 Å². The molecule has 1 aromatic rings. The van der Waals surface area contributed by atoms with Gasteiger partial charge in [0.1, 0.15) is 18.0 Å². The quantitative estimate of drug-likeness (QED) is 0.766. The summed E-state index contributed by atoms with van der Waals surface area (Å²) in [5.74, 6) is 3.67. The Bertz CT molecular complexity index is 707. The normalized spacial score (nSPS) is 31.0. The zero-order valence-electron chi connectivity index (χ0n) is 14.8. The highest BCUT2D eigenvalue weighted by atomic mass is 32.2. The molecule has 0 spiro atoms. The highest BCUT2D eigenvalue weighted by molar-refractivity contribution is 7.99. The van der Waals surface area contributed by atoms with Crippen LogP contribution in [-0.2, 0) is 4.74 Å². The first-order valence-electron chi connectivity index (χ1n) is 9.64. The molecule has 2 aliphatic heterocycles. The van der Waals surface area contributed by atoms with Crippen molar-refractivity contribution in [1.29, 1.82) is 0 Å². The second-order valence-corrected chi connectivity index (χ2v) is 8.98. The van der Waals surface area contributed by atoms with Gasteiger partial charge in [0.15, 0.2) is 0 Å². The van der Waals surface area contributed by atoms with E-state index in [0.717, 1.165) is 18.1 Å². The zero-order valence-corrected chi connectivity index (χ0v) is 15.6. The number of thioether (sulfide) groups is 1. The molecule has 1 aromatic heterocycles. The van der Waals surface area contributed by atoms with Crippen LogP contribution >= 0.6 is 11.8 Å². The number of rotatable bonds is 6. The minimum absolute atomic E-state index is 0.0309. The Hall–Kier alpha value is -1.31. The summed E-state index contributed by atoms with van der Waals surface area (Å²) in [7, 11) is 0. The largest absolute Gasteiger partial charge is 0.477 e. The van der Waals surface area contributed by atoms with Gasteiger partial charge in [0.2, 0.25) is 5.88 Å². The van der Waals surface area contributed by atoms with Crippen LogP contribution in [0.3, 0.4) is 0 Å². The molecule has 2 saturated heterocycles. The molecule has 26 heavy (non-hydrogen) atoms. The second-order valence-electron chi connectivity index (χ2n) is 7.83. The lowest BCUT2D eigenvalue weighted by Gasteiger charge is -2.34. The zero-order chi connectivity index (χ0) is 17.7. The SMILES string of the molecule is NC1OC1C1CSCCN1C(=O)c1ccc(C2CC2)c(OCC2CC2)n1. The van der Waals surface area contributed by atoms with Crippen LogP contribution in [-0.4, -0.2) is 58.8 Å². The molecule has 5 rings (SSSR count). The van der Waals surface area contributed by atoms with Crippen LogP contribution in [0.1, 0.15) is 47.7 Å². The summed E-state index contributed by atoms with van der Waals surface area (Å²) in [6, 6.07) is 3.96. The van der Waals surface area contributed by atoms with E-state index in [0.29, 0.717) is 30.0 Å². The van der Waals surface area contributed by atoms with Crippen molar-refractivity contribution in [2.75, 3.05) is 24.7 Å². The van der Waals surface area contributed by atoms with Crippen molar-refractivity contribution < 1.29 is 14.3 Å². The van der Waals surface area contributed by atoms with E-state index < -0.39 is 0 Å². The number of pyridine rings is 1. The Morgan fingerprint density at radius 1 is 1.35 bits per heavy atom. The topological polar surface area (TPSA) is 81.0 Å². The van der Waals surface area contributed by atoms with Crippen molar-refractivity contribution in [3.05, 3.63) is 23.4 Å². The minimum Gasteiger partial charge on any atom is -0.477 e. The fourth-order valence-corrected chi connectivity index (χ4v) is 4.72. The number of carbonyl (C=O) groups excluding carboxylic acids is 1. The van der Waals surface area contributed by atoms with E-state index >= 15 is 0 Å². The molecule has 3 unspecified atom stereocenters. The smallest absolute Gasteiger partial charge is 0.272 e. The third-order valence-electron chi connectivity index (χ3n) is 5.65. The molecule has 4 fully saturated rings. The van der Waals surface area contributed by atoms with Crippen LogP contribution in [0.2, 0.25) is 0 Å². The maximum Gasteiger partial charge on any atom is 0.272 e. The molecule has 0 radical (unpaired) electrons. The van der Waals surface area contributed by atoms with Gasteiger partial charge in [-0.25, -0.2) is 4.98 Å². The van der Waals surface area contributed by atoms with Gasteiger partial charge < -0.3 is 20.1 Å². The standard InChI is InChI=1S/C19H25N3O3S/c20-17-16(25-17)15-10-26-8-7-22(15)19(23)14-6-5-13(12-3-4-12)18(21-14)24-9-11-1-2-11/h5-6,11-12,15-17H,1-4,7-10,20H2. The number of hydrogen-bond acceptors (Lipinski definition) is 6. The van der Waals surface area contributed by atoms with Gasteiger partial charge in [0, 0.05) is 23.6 Å². The third kappa shape index (κ3) is 3.44. The summed E-state index contributed by atoms with van der Waals surface area (Å²) in [6.45, 7) is 1.43. The van der Waals surface area contributed by atoms with E-state index in [1.807, 2.05) is 28.8 Å². The summed E-state index contributed by atoms with van der Waals surface area (Å²) < 4.78 is 11.5. The Morgan fingerprint density at radius 3 is 2.85 bits per heavy atom. The third-order valence-corrected chi connectivity index (χ3v) is 6.69. The van der Waals surface area contributed by atoms with E-state index in [9.17, 15) is 4.79 Å². The number of epoxide rings is 1. The van der Waals surface area contributed by atoms with Crippen molar-refractivity contribution in [2.45, 2.75) is 50.0 Å². The maximum absolute atomic E-state index is 13.2. The summed E-state index contributed by atoms with van der Waals surface area (Å²) in [4.78, 5) is 19.7. The van der Waals surface area contributed by atoms with Gasteiger partial charge in [-0.2, -0.15) is 11.8 Å². The number of ether oxygens (including phenoxy) is 2. The summed E-state index contributed by atoms with van der Waals surface area (Å²) in [6.07, 6.45) is 4.59. The van der Waals surface area contributed by atoms with E-state index in [4.69, 9.17) is 15.2 Å². The van der Waals surface area contributed by atoms with Gasteiger partial charge in [-0.1, -0.05) is 6.07 Å².